The number of rotatable bonds is 3. The number of carbonyl (C=O) groups is 1. The fraction of sp³-hybridized carbons (Fsp3) is 0.462. The molecule has 6 aliphatic rings. The van der Waals surface area contributed by atoms with Gasteiger partial charge in [-0.3, -0.25) is 10.2 Å². The lowest BCUT2D eigenvalue weighted by molar-refractivity contribution is -0.168. The summed E-state index contributed by atoms with van der Waals surface area (Å²) in [5.74, 6) is 0.855. The molecule has 10 rings (SSSR count). The maximum atomic E-state index is 13.1. The summed E-state index contributed by atoms with van der Waals surface area (Å²) in [4.78, 5) is 39.7. The number of nitrogens with two attached hydrogens (primary N) is 1. The Kier molecular flexibility index (Phi) is 10.7. The summed E-state index contributed by atoms with van der Waals surface area (Å²) in [5.41, 5.74) is 7.14. The van der Waals surface area contributed by atoms with Gasteiger partial charge in [0.05, 0.1) is 29.3 Å². The van der Waals surface area contributed by atoms with E-state index < -0.39 is 24.2 Å². The minimum absolute atomic E-state index is 0.0163. The summed E-state index contributed by atoms with van der Waals surface area (Å²) in [6, 6.07) is 18.2. The fourth-order valence-corrected chi connectivity index (χ4v) is 8.36. The molecule has 19 heteroatoms. The number of anilines is 8. The number of hydrogen-bond acceptors (Lipinski definition) is 11. The minimum Gasteiger partial charge on any atom is -0.384 e. The van der Waals surface area contributed by atoms with Gasteiger partial charge in [0.15, 0.2) is 11.6 Å². The highest BCUT2D eigenvalue weighted by Crippen LogP contribution is 2.42. The second-order valence-corrected chi connectivity index (χ2v) is 15.2. The molecule has 4 aromatic rings. The molecule has 308 valence electrons. The van der Waals surface area contributed by atoms with Crippen molar-refractivity contribution in [2.24, 2.45) is 11.8 Å². The molecule has 0 spiro atoms. The number of urea groups is 1. The van der Waals surface area contributed by atoms with Crippen LogP contribution in [0.2, 0.25) is 0 Å². The van der Waals surface area contributed by atoms with Crippen molar-refractivity contribution in [3.05, 3.63) is 73.1 Å². The molecular formula is C39H44F6N12O. The number of fused-ring (bicyclic) bond motifs is 8. The van der Waals surface area contributed by atoms with Crippen molar-refractivity contribution >= 4 is 52.3 Å². The van der Waals surface area contributed by atoms with Gasteiger partial charge < -0.3 is 30.7 Å². The van der Waals surface area contributed by atoms with Gasteiger partial charge >= 0.3 is 18.4 Å². The van der Waals surface area contributed by atoms with Crippen molar-refractivity contribution < 1.29 is 31.1 Å². The standard InChI is InChI=1S/C20H21F3N6O.C14H17F3N4.C5H6N2/c21-20(22,23)13-6-9-28(11-13)17-5-4-15-18(26-17)29(14-7-10-27(15)12-14)19(30)25-16-3-1-2-8-24-16;15-14(16,17)9-3-5-21(7-9)12-2-1-11-13(19-12)18-10-4-6-20(11)8-10;6-5-3-1-2-4-7-5/h1-5,8,13-14H,6-7,9-12H2,(H,24,25,30);1-2,9-10H,3-8H2,(H,18,19);1-4H,(H2,6,7)/t13?,14-;9?,10-;/m00./s1. The highest BCUT2D eigenvalue weighted by Gasteiger charge is 2.46. The molecule has 58 heavy (non-hydrogen) atoms. The first-order valence-electron chi connectivity index (χ1n) is 19.4. The summed E-state index contributed by atoms with van der Waals surface area (Å²) in [7, 11) is 0. The van der Waals surface area contributed by atoms with Gasteiger partial charge in [-0.15, -0.1) is 0 Å². The quantitative estimate of drug-likeness (QED) is 0.193. The molecule has 4 fully saturated rings. The van der Waals surface area contributed by atoms with Gasteiger partial charge in [-0.2, -0.15) is 26.3 Å². The summed E-state index contributed by atoms with van der Waals surface area (Å²) < 4.78 is 77.6. The summed E-state index contributed by atoms with van der Waals surface area (Å²) in [6.45, 7) is 4.16. The molecule has 4 N–H and O–H groups in total. The van der Waals surface area contributed by atoms with Crippen LogP contribution in [0, 0.1) is 11.8 Å². The maximum Gasteiger partial charge on any atom is 0.393 e. The lowest BCUT2D eigenvalue weighted by atomic mass is 10.1. The summed E-state index contributed by atoms with van der Waals surface area (Å²) >= 11 is 0. The van der Waals surface area contributed by atoms with Crippen LogP contribution in [0.15, 0.2) is 73.1 Å². The van der Waals surface area contributed by atoms with E-state index in [1.807, 2.05) is 30.3 Å². The molecule has 0 aromatic carbocycles. The van der Waals surface area contributed by atoms with Crippen LogP contribution < -0.4 is 40.9 Å². The first-order chi connectivity index (χ1) is 27.8. The van der Waals surface area contributed by atoms with E-state index in [0.29, 0.717) is 54.8 Å². The predicted octanol–water partition coefficient (Wildman–Crippen LogP) is 6.63. The highest BCUT2D eigenvalue weighted by atomic mass is 19.4. The van der Waals surface area contributed by atoms with Crippen LogP contribution in [0.1, 0.15) is 25.7 Å². The summed E-state index contributed by atoms with van der Waals surface area (Å²) in [5, 5.41) is 6.20. The van der Waals surface area contributed by atoms with Crippen molar-refractivity contribution in [1.82, 2.24) is 19.9 Å². The Morgan fingerprint density at radius 3 is 1.86 bits per heavy atom. The van der Waals surface area contributed by atoms with Crippen LogP contribution in [-0.2, 0) is 0 Å². The Hall–Kier alpha value is -5.75. The monoisotopic (exact) mass is 810 g/mol. The number of pyridine rings is 4. The smallest absolute Gasteiger partial charge is 0.384 e. The Labute approximate surface area is 331 Å². The van der Waals surface area contributed by atoms with Gasteiger partial charge in [-0.1, -0.05) is 12.1 Å². The van der Waals surface area contributed by atoms with Crippen LogP contribution in [0.3, 0.4) is 0 Å². The number of halogens is 6. The minimum atomic E-state index is -4.21. The Bertz CT molecular complexity index is 2060. The van der Waals surface area contributed by atoms with E-state index in [2.05, 4.69) is 40.4 Å². The number of amides is 2. The fourth-order valence-electron chi connectivity index (χ4n) is 8.36. The molecule has 6 aliphatic heterocycles. The first-order valence-corrected chi connectivity index (χ1v) is 19.4. The Morgan fingerprint density at radius 1 is 0.672 bits per heavy atom. The second-order valence-electron chi connectivity index (χ2n) is 15.2. The van der Waals surface area contributed by atoms with Gasteiger partial charge in [0.1, 0.15) is 23.3 Å². The average molecular weight is 811 g/mol. The second kappa shape index (κ2) is 15.9. The zero-order chi connectivity index (χ0) is 40.6. The van der Waals surface area contributed by atoms with Crippen molar-refractivity contribution in [3.8, 4) is 0 Å². The van der Waals surface area contributed by atoms with Gasteiger partial charge in [-0.05, 0) is 74.2 Å². The van der Waals surface area contributed by atoms with Crippen molar-refractivity contribution in [3.63, 3.8) is 0 Å². The van der Waals surface area contributed by atoms with Crippen LogP contribution >= 0.6 is 0 Å². The van der Waals surface area contributed by atoms with Gasteiger partial charge in [-0.25, -0.2) is 24.7 Å². The molecule has 4 aromatic heterocycles. The molecular weight excluding hydrogens is 766 g/mol. The van der Waals surface area contributed by atoms with Crippen LogP contribution in [0.4, 0.5) is 77.4 Å². The number of nitrogens with zero attached hydrogens (tertiary/aromatic N) is 9. The topological polar surface area (TPSA) is 135 Å². The molecule has 4 saturated heterocycles. The van der Waals surface area contributed by atoms with Crippen LogP contribution in [-0.4, -0.2) is 103 Å². The van der Waals surface area contributed by atoms with E-state index in [-0.39, 0.29) is 38.0 Å². The largest absolute Gasteiger partial charge is 0.393 e. The third-order valence-electron chi connectivity index (χ3n) is 11.4. The van der Waals surface area contributed by atoms with E-state index in [0.717, 1.165) is 49.7 Å². The van der Waals surface area contributed by atoms with Crippen LogP contribution in [0.25, 0.3) is 0 Å². The zero-order valence-corrected chi connectivity index (χ0v) is 31.5. The van der Waals surface area contributed by atoms with Crippen LogP contribution in [0.5, 0.6) is 0 Å². The number of alkyl halides is 6. The predicted molar refractivity (Wildman–Crippen MR) is 210 cm³/mol. The molecule has 10 heterocycles. The lowest BCUT2D eigenvalue weighted by Crippen LogP contribution is -2.48. The van der Waals surface area contributed by atoms with E-state index in [9.17, 15) is 31.1 Å². The van der Waals surface area contributed by atoms with E-state index in [1.54, 1.807) is 57.4 Å². The highest BCUT2D eigenvalue weighted by molar-refractivity contribution is 6.04. The van der Waals surface area contributed by atoms with Crippen molar-refractivity contribution in [2.45, 2.75) is 50.1 Å². The molecule has 4 atom stereocenters. The molecule has 2 amide bonds. The van der Waals surface area contributed by atoms with Gasteiger partial charge in [0, 0.05) is 70.8 Å². The summed E-state index contributed by atoms with van der Waals surface area (Å²) in [6.07, 6.45) is -2.94. The number of carbonyl (C=O) groups excluding carboxylic acids is 1. The lowest BCUT2D eigenvalue weighted by Gasteiger charge is -2.36. The molecule has 0 aliphatic carbocycles. The van der Waals surface area contributed by atoms with E-state index in [1.165, 1.54) is 0 Å². The van der Waals surface area contributed by atoms with Gasteiger partial charge in [0.2, 0.25) is 0 Å². The third kappa shape index (κ3) is 8.43. The number of nitrogens with one attached hydrogen (secondary N) is 2. The normalized spacial score (nSPS) is 23.0. The zero-order valence-electron chi connectivity index (χ0n) is 31.5. The van der Waals surface area contributed by atoms with Crippen molar-refractivity contribution in [2.75, 3.05) is 93.2 Å². The first kappa shape index (κ1) is 39.1. The molecule has 0 radical (unpaired) electrons. The van der Waals surface area contributed by atoms with Crippen molar-refractivity contribution in [1.29, 1.82) is 0 Å². The molecule has 4 bridgehead atoms. The Morgan fingerprint density at radius 2 is 1.28 bits per heavy atom. The molecule has 2 unspecified atom stereocenters. The third-order valence-corrected chi connectivity index (χ3v) is 11.4. The van der Waals surface area contributed by atoms with Gasteiger partial charge in [0.25, 0.3) is 0 Å². The molecule has 0 saturated carbocycles. The number of nitrogen functional groups attached to an aromatic ring is 1. The Balaban J connectivity index is 0.000000144. The average Bonchev–Trinajstić information content (AvgIpc) is 4.03. The maximum absolute atomic E-state index is 13.1. The molecule has 13 nitrogen and oxygen atoms in total. The SMILES string of the molecule is FC(F)(F)C1CCN(c2ccc3c(n2)N[C@H]2CCN3C2)C1.Nc1ccccn1.O=C(Nc1ccccn1)N1c2nc(N3CCC(C(F)(F)F)C3)ccc2N2CC[C@H]1C2. The number of hydrogen-bond donors (Lipinski definition) is 3. The van der Waals surface area contributed by atoms with E-state index in [4.69, 9.17) is 5.73 Å². The number of aromatic nitrogens is 4. The van der Waals surface area contributed by atoms with E-state index >= 15 is 0 Å².